The first-order valence-corrected chi connectivity index (χ1v) is 6.19. The lowest BCUT2D eigenvalue weighted by atomic mass is 10.3. The number of rotatable bonds is 1. The smallest absolute Gasteiger partial charge is 0.235 e. The van der Waals surface area contributed by atoms with Crippen LogP contribution in [0.1, 0.15) is 6.92 Å². The Kier molecular flexibility index (Phi) is 2.75. The standard InChI is InChI=1S/C12H12N6S/c1-8-4-7-17-12(18(8)11(13)19)15-10(16-17)9-2-5-14-6-3-9/h2-6H,7H2,1H3,(H2,13,19). The lowest BCUT2D eigenvalue weighted by molar-refractivity contribution is 0.679. The highest BCUT2D eigenvalue weighted by Gasteiger charge is 2.23. The normalized spacial score (nSPS) is 13.9. The Balaban J connectivity index is 2.07. The summed E-state index contributed by atoms with van der Waals surface area (Å²) >= 11 is 5.07. The number of pyridine rings is 1. The van der Waals surface area contributed by atoms with Gasteiger partial charge in [-0.2, -0.15) is 4.98 Å². The molecule has 2 aromatic heterocycles. The van der Waals surface area contributed by atoms with Crippen molar-refractivity contribution in [3.8, 4) is 11.4 Å². The minimum absolute atomic E-state index is 0.267. The van der Waals surface area contributed by atoms with Crippen molar-refractivity contribution in [3.63, 3.8) is 0 Å². The highest BCUT2D eigenvalue weighted by atomic mass is 32.1. The minimum atomic E-state index is 0.267. The van der Waals surface area contributed by atoms with Gasteiger partial charge in [0.2, 0.25) is 5.95 Å². The van der Waals surface area contributed by atoms with E-state index in [2.05, 4.69) is 15.1 Å². The second-order valence-electron chi connectivity index (χ2n) is 4.17. The van der Waals surface area contributed by atoms with E-state index in [-0.39, 0.29) is 5.11 Å². The lowest BCUT2D eigenvalue weighted by Gasteiger charge is -2.25. The molecule has 1 aliphatic rings. The fourth-order valence-corrected chi connectivity index (χ4v) is 2.21. The van der Waals surface area contributed by atoms with Gasteiger partial charge in [-0.15, -0.1) is 5.10 Å². The number of nitrogens with two attached hydrogens (primary N) is 1. The zero-order valence-electron chi connectivity index (χ0n) is 10.3. The summed E-state index contributed by atoms with van der Waals surface area (Å²) in [6.45, 7) is 2.61. The van der Waals surface area contributed by atoms with E-state index in [0.717, 1.165) is 11.3 Å². The molecule has 3 rings (SSSR count). The molecule has 0 aliphatic carbocycles. The van der Waals surface area contributed by atoms with Crippen LogP contribution in [0.2, 0.25) is 0 Å². The van der Waals surface area contributed by atoms with Crippen LogP contribution >= 0.6 is 12.2 Å². The molecule has 0 aromatic carbocycles. The van der Waals surface area contributed by atoms with Gasteiger partial charge in [-0.25, -0.2) is 4.68 Å². The number of hydrogen-bond acceptors (Lipinski definition) is 4. The van der Waals surface area contributed by atoms with Crippen LogP contribution in [0, 0.1) is 0 Å². The molecule has 0 bridgehead atoms. The Morgan fingerprint density at radius 3 is 2.79 bits per heavy atom. The van der Waals surface area contributed by atoms with Crippen molar-refractivity contribution < 1.29 is 0 Å². The summed E-state index contributed by atoms with van der Waals surface area (Å²) in [5.74, 6) is 1.29. The Bertz CT molecular complexity index is 660. The Hall–Kier alpha value is -2.28. The maximum atomic E-state index is 5.75. The molecule has 2 N–H and O–H groups in total. The van der Waals surface area contributed by atoms with Crippen molar-refractivity contribution in [2.45, 2.75) is 13.5 Å². The molecule has 2 aromatic rings. The van der Waals surface area contributed by atoms with Gasteiger partial charge in [0.15, 0.2) is 10.9 Å². The molecule has 0 radical (unpaired) electrons. The molecule has 3 heterocycles. The molecule has 0 saturated heterocycles. The van der Waals surface area contributed by atoms with Crippen LogP contribution in [0.3, 0.4) is 0 Å². The van der Waals surface area contributed by atoms with Crippen molar-refractivity contribution in [2.75, 3.05) is 4.90 Å². The monoisotopic (exact) mass is 272 g/mol. The van der Waals surface area contributed by atoms with Crippen LogP contribution < -0.4 is 10.6 Å². The number of fused-ring (bicyclic) bond motifs is 1. The predicted octanol–water partition coefficient (Wildman–Crippen LogP) is 1.31. The van der Waals surface area contributed by atoms with Gasteiger partial charge in [0.25, 0.3) is 0 Å². The first kappa shape index (κ1) is 11.8. The van der Waals surface area contributed by atoms with E-state index in [9.17, 15) is 0 Å². The van der Waals surface area contributed by atoms with Crippen LogP contribution in [0.25, 0.3) is 11.4 Å². The van der Waals surface area contributed by atoms with Gasteiger partial charge < -0.3 is 5.73 Å². The highest BCUT2D eigenvalue weighted by Crippen LogP contribution is 2.25. The van der Waals surface area contributed by atoms with Crippen LogP contribution in [-0.2, 0) is 6.54 Å². The molecule has 96 valence electrons. The summed E-state index contributed by atoms with van der Waals surface area (Å²) in [4.78, 5) is 10.2. The molecule has 0 unspecified atom stereocenters. The first-order chi connectivity index (χ1) is 9.16. The summed E-state index contributed by atoms with van der Waals surface area (Å²) in [5, 5.41) is 4.73. The highest BCUT2D eigenvalue weighted by molar-refractivity contribution is 7.80. The Morgan fingerprint density at radius 2 is 2.11 bits per heavy atom. The van der Waals surface area contributed by atoms with Crippen molar-refractivity contribution in [3.05, 3.63) is 36.3 Å². The SMILES string of the molecule is CC1=CCn2nc(-c3ccncc3)nc2N1C(N)=S. The molecule has 0 amide bonds. The number of hydrogen-bond donors (Lipinski definition) is 1. The summed E-state index contributed by atoms with van der Waals surface area (Å²) in [6.07, 6.45) is 5.44. The largest absolute Gasteiger partial charge is 0.376 e. The number of anilines is 1. The van der Waals surface area contributed by atoms with Gasteiger partial charge in [-0.05, 0) is 37.4 Å². The molecular weight excluding hydrogens is 260 g/mol. The van der Waals surface area contributed by atoms with Gasteiger partial charge in [0.05, 0.1) is 6.54 Å². The molecular formula is C12H12N6S. The maximum Gasteiger partial charge on any atom is 0.235 e. The minimum Gasteiger partial charge on any atom is -0.376 e. The molecule has 1 aliphatic heterocycles. The van der Waals surface area contributed by atoms with E-state index < -0.39 is 0 Å². The van der Waals surface area contributed by atoms with E-state index in [1.54, 1.807) is 22.0 Å². The van der Waals surface area contributed by atoms with Gasteiger partial charge in [0.1, 0.15) is 0 Å². The van der Waals surface area contributed by atoms with E-state index in [1.807, 2.05) is 25.1 Å². The quantitative estimate of drug-likeness (QED) is 0.789. The first-order valence-electron chi connectivity index (χ1n) is 5.78. The van der Waals surface area contributed by atoms with Crippen LogP contribution in [0.15, 0.2) is 36.3 Å². The Labute approximate surface area is 115 Å². The number of aromatic nitrogens is 4. The van der Waals surface area contributed by atoms with Crippen LogP contribution in [0.5, 0.6) is 0 Å². The summed E-state index contributed by atoms with van der Waals surface area (Å²) in [5.41, 5.74) is 7.63. The molecule has 0 fully saturated rings. The van der Waals surface area contributed by atoms with Crippen molar-refractivity contribution in [1.29, 1.82) is 0 Å². The third-order valence-corrected chi connectivity index (χ3v) is 3.11. The third-order valence-electron chi connectivity index (χ3n) is 2.92. The second kappa shape index (κ2) is 4.43. The number of thiocarbonyl (C=S) groups is 1. The predicted molar refractivity (Wildman–Crippen MR) is 76.3 cm³/mol. The summed E-state index contributed by atoms with van der Waals surface area (Å²) < 4.78 is 1.78. The summed E-state index contributed by atoms with van der Waals surface area (Å²) in [6, 6.07) is 3.74. The molecule has 0 atom stereocenters. The van der Waals surface area contributed by atoms with Crippen LogP contribution in [0.4, 0.5) is 5.95 Å². The van der Waals surface area contributed by atoms with Gasteiger partial charge >= 0.3 is 0 Å². The average Bonchev–Trinajstić information content (AvgIpc) is 2.83. The van der Waals surface area contributed by atoms with E-state index >= 15 is 0 Å². The number of nitrogens with zero attached hydrogens (tertiary/aromatic N) is 5. The molecule has 0 saturated carbocycles. The van der Waals surface area contributed by atoms with E-state index in [1.165, 1.54) is 0 Å². The molecule has 19 heavy (non-hydrogen) atoms. The maximum absolute atomic E-state index is 5.75. The fraction of sp³-hybridized carbons (Fsp3) is 0.167. The van der Waals surface area contributed by atoms with Gasteiger partial charge in [-0.3, -0.25) is 9.88 Å². The molecule has 6 nitrogen and oxygen atoms in total. The average molecular weight is 272 g/mol. The Morgan fingerprint density at radius 1 is 1.37 bits per heavy atom. The topological polar surface area (TPSA) is 72.9 Å². The lowest BCUT2D eigenvalue weighted by Crippen LogP contribution is -2.38. The zero-order chi connectivity index (χ0) is 13.4. The zero-order valence-corrected chi connectivity index (χ0v) is 11.1. The van der Waals surface area contributed by atoms with Crippen molar-refractivity contribution in [1.82, 2.24) is 19.7 Å². The molecule has 0 spiro atoms. The van der Waals surface area contributed by atoms with Crippen LogP contribution in [-0.4, -0.2) is 24.9 Å². The van der Waals surface area contributed by atoms with Crippen molar-refractivity contribution in [2.24, 2.45) is 5.73 Å². The van der Waals surface area contributed by atoms with E-state index in [4.69, 9.17) is 18.0 Å². The molecule has 7 heteroatoms. The third kappa shape index (κ3) is 1.97. The van der Waals surface area contributed by atoms with Gasteiger partial charge in [0, 0.05) is 23.7 Å². The fourth-order valence-electron chi connectivity index (χ4n) is 1.99. The van der Waals surface area contributed by atoms with Crippen molar-refractivity contribution >= 4 is 23.3 Å². The van der Waals surface area contributed by atoms with Gasteiger partial charge in [-0.1, -0.05) is 0 Å². The van der Waals surface area contributed by atoms with E-state index in [0.29, 0.717) is 18.3 Å². The summed E-state index contributed by atoms with van der Waals surface area (Å²) in [7, 11) is 0. The second-order valence-corrected chi connectivity index (χ2v) is 4.59. The number of allylic oxidation sites excluding steroid dienone is 2.